The van der Waals surface area contributed by atoms with Gasteiger partial charge in [-0.25, -0.2) is 0 Å². The van der Waals surface area contributed by atoms with Crippen molar-refractivity contribution in [2.75, 3.05) is 62.3 Å². The topological polar surface area (TPSA) is 87.8 Å². The molecule has 4 rings (SSSR count). The number of piperazine rings is 1. The van der Waals surface area contributed by atoms with Gasteiger partial charge in [0.05, 0.1) is 19.4 Å². The highest BCUT2D eigenvalue weighted by Gasteiger charge is 2.25. The summed E-state index contributed by atoms with van der Waals surface area (Å²) in [6, 6.07) is 5.58. The van der Waals surface area contributed by atoms with Crippen molar-refractivity contribution < 1.29 is 14.1 Å². The Balaban J connectivity index is 1.35. The lowest BCUT2D eigenvalue weighted by molar-refractivity contribution is 0.0704. The molecule has 132 valence electrons. The lowest BCUT2D eigenvalue weighted by atomic mass is 10.2. The molecule has 0 spiro atoms. The fourth-order valence-corrected chi connectivity index (χ4v) is 3.07. The third-order valence-electron chi connectivity index (χ3n) is 4.51. The Hall–Kier alpha value is -2.68. The van der Waals surface area contributed by atoms with Crippen LogP contribution in [0.3, 0.4) is 0 Å². The van der Waals surface area contributed by atoms with Crippen LogP contribution >= 0.6 is 0 Å². The molecule has 25 heavy (non-hydrogen) atoms. The van der Waals surface area contributed by atoms with Crippen molar-refractivity contribution in [3.63, 3.8) is 0 Å². The average Bonchev–Trinajstić information content (AvgIpc) is 3.23. The van der Waals surface area contributed by atoms with Crippen LogP contribution in [0.4, 0.5) is 11.6 Å². The van der Waals surface area contributed by atoms with E-state index in [4.69, 9.17) is 9.26 Å². The van der Waals surface area contributed by atoms with E-state index < -0.39 is 0 Å². The SMILES string of the molecule is O=C(c1ccno1)N1CCN(c2ccc(N3CCOCC3)nn2)CC1. The van der Waals surface area contributed by atoms with Gasteiger partial charge in [-0.05, 0) is 12.1 Å². The number of hydrogen-bond acceptors (Lipinski definition) is 8. The first-order valence-corrected chi connectivity index (χ1v) is 8.42. The number of carbonyl (C=O) groups excluding carboxylic acids is 1. The average molecular weight is 344 g/mol. The van der Waals surface area contributed by atoms with E-state index in [1.807, 2.05) is 12.1 Å². The van der Waals surface area contributed by atoms with E-state index >= 15 is 0 Å². The van der Waals surface area contributed by atoms with E-state index in [9.17, 15) is 4.79 Å². The fraction of sp³-hybridized carbons (Fsp3) is 0.500. The van der Waals surface area contributed by atoms with Crippen LogP contribution in [0.1, 0.15) is 10.6 Å². The van der Waals surface area contributed by atoms with E-state index in [2.05, 4.69) is 25.2 Å². The zero-order valence-corrected chi connectivity index (χ0v) is 13.9. The summed E-state index contributed by atoms with van der Waals surface area (Å²) in [5.74, 6) is 1.88. The molecular weight excluding hydrogens is 324 g/mol. The maximum Gasteiger partial charge on any atom is 0.292 e. The van der Waals surface area contributed by atoms with Gasteiger partial charge in [0.25, 0.3) is 5.91 Å². The monoisotopic (exact) mass is 344 g/mol. The molecule has 0 radical (unpaired) electrons. The first kappa shape index (κ1) is 15.8. The van der Waals surface area contributed by atoms with Crippen molar-refractivity contribution in [2.24, 2.45) is 0 Å². The standard InChI is InChI=1S/C16H20N6O3/c23-16(13-3-4-17-25-13)22-7-5-20(6-8-22)14-1-2-15(19-18-14)21-9-11-24-12-10-21/h1-4H,5-12H2. The van der Waals surface area contributed by atoms with Crippen LogP contribution in [0.15, 0.2) is 28.9 Å². The maximum atomic E-state index is 12.3. The second-order valence-corrected chi connectivity index (χ2v) is 6.01. The van der Waals surface area contributed by atoms with Crippen LogP contribution in [0.5, 0.6) is 0 Å². The molecule has 0 aromatic carbocycles. The van der Waals surface area contributed by atoms with E-state index in [1.165, 1.54) is 6.20 Å². The number of hydrogen-bond donors (Lipinski definition) is 0. The molecule has 2 aromatic heterocycles. The van der Waals surface area contributed by atoms with Gasteiger partial charge in [0.2, 0.25) is 5.76 Å². The largest absolute Gasteiger partial charge is 0.378 e. The minimum absolute atomic E-state index is 0.120. The van der Waals surface area contributed by atoms with Gasteiger partial charge in [-0.1, -0.05) is 5.16 Å². The van der Waals surface area contributed by atoms with Gasteiger partial charge in [-0.15, -0.1) is 10.2 Å². The van der Waals surface area contributed by atoms with Crippen LogP contribution in [0, 0.1) is 0 Å². The molecule has 9 nitrogen and oxygen atoms in total. The van der Waals surface area contributed by atoms with Crippen molar-refractivity contribution in [1.29, 1.82) is 0 Å². The summed E-state index contributed by atoms with van der Waals surface area (Å²) in [7, 11) is 0. The Labute approximate surface area is 145 Å². The Bertz CT molecular complexity index is 691. The third kappa shape index (κ3) is 3.41. The Morgan fingerprint density at radius 1 is 0.880 bits per heavy atom. The normalized spacial score (nSPS) is 18.5. The van der Waals surface area contributed by atoms with Crippen LogP contribution in [-0.4, -0.2) is 78.6 Å². The molecule has 0 N–H and O–H groups in total. The predicted molar refractivity (Wildman–Crippen MR) is 89.7 cm³/mol. The smallest absolute Gasteiger partial charge is 0.292 e. The van der Waals surface area contributed by atoms with Crippen LogP contribution in [-0.2, 0) is 4.74 Å². The Kier molecular flexibility index (Phi) is 4.47. The lowest BCUT2D eigenvalue weighted by Gasteiger charge is -2.35. The summed E-state index contributed by atoms with van der Waals surface area (Å²) >= 11 is 0. The van der Waals surface area contributed by atoms with Crippen LogP contribution < -0.4 is 9.80 Å². The highest BCUT2D eigenvalue weighted by molar-refractivity contribution is 5.91. The second kappa shape index (κ2) is 7.06. The number of aromatic nitrogens is 3. The minimum Gasteiger partial charge on any atom is -0.378 e. The van der Waals surface area contributed by atoms with E-state index in [0.29, 0.717) is 26.2 Å². The molecule has 0 bridgehead atoms. The molecule has 0 unspecified atom stereocenters. The number of anilines is 2. The number of carbonyl (C=O) groups is 1. The van der Waals surface area contributed by atoms with Gasteiger partial charge in [-0.3, -0.25) is 4.79 Å². The fourth-order valence-electron chi connectivity index (χ4n) is 3.07. The number of ether oxygens (including phenoxy) is 1. The zero-order valence-electron chi connectivity index (χ0n) is 13.9. The van der Waals surface area contributed by atoms with E-state index in [0.717, 1.165) is 37.9 Å². The molecule has 2 aliphatic heterocycles. The highest BCUT2D eigenvalue weighted by atomic mass is 16.5. The summed E-state index contributed by atoms with van der Waals surface area (Å²) in [6.07, 6.45) is 1.48. The number of morpholine rings is 1. The molecule has 2 aliphatic rings. The Morgan fingerprint density at radius 2 is 1.52 bits per heavy atom. The summed E-state index contributed by atoms with van der Waals surface area (Å²) < 4.78 is 10.3. The van der Waals surface area contributed by atoms with Crippen molar-refractivity contribution in [2.45, 2.75) is 0 Å². The molecule has 4 heterocycles. The summed E-state index contributed by atoms with van der Waals surface area (Å²) in [4.78, 5) is 18.3. The second-order valence-electron chi connectivity index (χ2n) is 6.01. The molecule has 0 aliphatic carbocycles. The van der Waals surface area contributed by atoms with Gasteiger partial charge in [0, 0.05) is 45.3 Å². The molecule has 2 fully saturated rings. The summed E-state index contributed by atoms with van der Waals surface area (Å²) in [5.41, 5.74) is 0. The quantitative estimate of drug-likeness (QED) is 0.784. The van der Waals surface area contributed by atoms with Gasteiger partial charge in [0.15, 0.2) is 11.6 Å². The van der Waals surface area contributed by atoms with Crippen molar-refractivity contribution in [1.82, 2.24) is 20.3 Å². The first-order chi connectivity index (χ1) is 12.3. The Morgan fingerprint density at radius 3 is 2.08 bits per heavy atom. The van der Waals surface area contributed by atoms with Gasteiger partial charge < -0.3 is 24.0 Å². The molecule has 0 atom stereocenters. The molecule has 2 aromatic rings. The van der Waals surface area contributed by atoms with Crippen LogP contribution in [0.2, 0.25) is 0 Å². The maximum absolute atomic E-state index is 12.3. The molecule has 0 saturated carbocycles. The van der Waals surface area contributed by atoms with Crippen molar-refractivity contribution in [3.8, 4) is 0 Å². The summed E-state index contributed by atoms with van der Waals surface area (Å²) in [6.45, 7) is 5.80. The van der Waals surface area contributed by atoms with E-state index in [1.54, 1.807) is 11.0 Å². The predicted octanol–water partition coefficient (Wildman–Crippen LogP) is 0.264. The van der Waals surface area contributed by atoms with Crippen molar-refractivity contribution in [3.05, 3.63) is 30.2 Å². The number of rotatable bonds is 3. The van der Waals surface area contributed by atoms with Crippen molar-refractivity contribution >= 4 is 17.5 Å². The highest BCUT2D eigenvalue weighted by Crippen LogP contribution is 2.18. The third-order valence-corrected chi connectivity index (χ3v) is 4.51. The minimum atomic E-state index is -0.120. The summed E-state index contributed by atoms with van der Waals surface area (Å²) in [5, 5.41) is 12.3. The lowest BCUT2D eigenvalue weighted by Crippen LogP contribution is -2.49. The van der Waals surface area contributed by atoms with E-state index in [-0.39, 0.29) is 11.7 Å². The first-order valence-electron chi connectivity index (χ1n) is 8.42. The molecule has 2 saturated heterocycles. The number of nitrogens with zero attached hydrogens (tertiary/aromatic N) is 6. The molecule has 9 heteroatoms. The van der Waals surface area contributed by atoms with Gasteiger partial charge in [-0.2, -0.15) is 0 Å². The molecular formula is C16H20N6O3. The van der Waals surface area contributed by atoms with Gasteiger partial charge in [0.1, 0.15) is 0 Å². The zero-order chi connectivity index (χ0) is 17.1. The molecule has 1 amide bonds. The van der Waals surface area contributed by atoms with Crippen LogP contribution in [0.25, 0.3) is 0 Å². The van der Waals surface area contributed by atoms with Gasteiger partial charge >= 0.3 is 0 Å². The number of amides is 1.